The summed E-state index contributed by atoms with van der Waals surface area (Å²) in [6, 6.07) is 5.29. The Kier molecular flexibility index (Phi) is 4.46. The van der Waals surface area contributed by atoms with Crippen LogP contribution in [0.3, 0.4) is 0 Å². The number of rotatable bonds is 6. The summed E-state index contributed by atoms with van der Waals surface area (Å²) in [7, 11) is -3.54. The maximum absolute atomic E-state index is 12.2. The lowest BCUT2D eigenvalue weighted by atomic mass is 10.3. The molecule has 1 aromatic carbocycles. The second-order valence-electron chi connectivity index (χ2n) is 4.39. The fourth-order valence-corrected chi connectivity index (χ4v) is 3.42. The maximum Gasteiger partial charge on any atom is 0.242 e. The van der Waals surface area contributed by atoms with E-state index >= 15 is 0 Å². The van der Waals surface area contributed by atoms with Crippen molar-refractivity contribution in [2.24, 2.45) is 0 Å². The molecule has 2 rings (SSSR count). The van der Waals surface area contributed by atoms with E-state index in [0.717, 1.165) is 11.7 Å². The van der Waals surface area contributed by atoms with Crippen molar-refractivity contribution < 1.29 is 8.42 Å². The number of benzene rings is 1. The van der Waals surface area contributed by atoms with Crippen LogP contribution in [-0.4, -0.2) is 36.3 Å². The molecule has 0 atom stereocenters. The molecule has 0 spiro atoms. The molecule has 0 aliphatic rings. The van der Waals surface area contributed by atoms with Crippen molar-refractivity contribution in [3.05, 3.63) is 18.2 Å². The smallest absolute Gasteiger partial charge is 0.242 e. The highest BCUT2D eigenvalue weighted by Gasteiger charge is 2.18. The van der Waals surface area contributed by atoms with Crippen LogP contribution in [-0.2, 0) is 10.0 Å². The fourth-order valence-electron chi connectivity index (χ4n) is 1.62. The monoisotopic (exact) mass is 300 g/mol. The van der Waals surface area contributed by atoms with Crippen LogP contribution in [0.15, 0.2) is 23.1 Å². The molecule has 0 amide bonds. The number of aromatic nitrogens is 2. The van der Waals surface area contributed by atoms with Crippen LogP contribution < -0.4 is 10.0 Å². The van der Waals surface area contributed by atoms with Gasteiger partial charge in [-0.15, -0.1) is 0 Å². The molecule has 1 heterocycles. The topological polar surface area (TPSA) is 84.0 Å². The Balaban J connectivity index is 2.13. The van der Waals surface area contributed by atoms with E-state index in [-0.39, 0.29) is 4.90 Å². The third-order valence-corrected chi connectivity index (χ3v) is 4.54. The number of fused-ring (bicyclic) bond motifs is 1. The minimum absolute atomic E-state index is 0.184. The van der Waals surface area contributed by atoms with Gasteiger partial charge in [-0.3, -0.25) is 0 Å². The standard InChI is InChI=1S/C11H16N4O2S2/c1-8(2)12-6-7-13-19(16,17)10-5-3-4-9-11(10)15-18-14-9/h3-5,8,12-13H,6-7H2,1-2H3. The first-order chi connectivity index (χ1) is 9.00. The summed E-state index contributed by atoms with van der Waals surface area (Å²) in [5.74, 6) is 0. The summed E-state index contributed by atoms with van der Waals surface area (Å²) < 4.78 is 35.0. The van der Waals surface area contributed by atoms with Crippen LogP contribution in [0.1, 0.15) is 13.8 Å². The molecule has 8 heteroatoms. The van der Waals surface area contributed by atoms with Gasteiger partial charge < -0.3 is 5.32 Å². The minimum atomic E-state index is -3.54. The second kappa shape index (κ2) is 5.91. The summed E-state index contributed by atoms with van der Waals surface area (Å²) in [5, 5.41) is 3.15. The first-order valence-electron chi connectivity index (χ1n) is 5.95. The molecule has 0 saturated heterocycles. The molecule has 0 unspecified atom stereocenters. The van der Waals surface area contributed by atoms with Crippen LogP contribution >= 0.6 is 11.7 Å². The molecular formula is C11H16N4O2S2. The van der Waals surface area contributed by atoms with Crippen molar-refractivity contribution in [2.45, 2.75) is 24.8 Å². The number of hydrogen-bond donors (Lipinski definition) is 2. The van der Waals surface area contributed by atoms with Gasteiger partial charge in [0.25, 0.3) is 0 Å². The predicted molar refractivity (Wildman–Crippen MR) is 75.7 cm³/mol. The fraction of sp³-hybridized carbons (Fsp3) is 0.455. The van der Waals surface area contributed by atoms with Crippen LogP contribution in [0.4, 0.5) is 0 Å². The van der Waals surface area contributed by atoms with Crippen molar-refractivity contribution in [1.82, 2.24) is 18.8 Å². The van der Waals surface area contributed by atoms with E-state index in [9.17, 15) is 8.42 Å². The molecule has 6 nitrogen and oxygen atoms in total. The van der Waals surface area contributed by atoms with Crippen LogP contribution in [0.2, 0.25) is 0 Å². The Hall–Kier alpha value is -1.09. The molecule has 0 fully saturated rings. The average molecular weight is 300 g/mol. The lowest BCUT2D eigenvalue weighted by Gasteiger charge is -2.09. The summed E-state index contributed by atoms with van der Waals surface area (Å²) in [4.78, 5) is 0.184. The number of nitrogens with one attached hydrogen (secondary N) is 2. The van der Waals surface area contributed by atoms with Crippen molar-refractivity contribution in [3.8, 4) is 0 Å². The normalized spacial score (nSPS) is 12.4. The van der Waals surface area contributed by atoms with Crippen LogP contribution in [0.5, 0.6) is 0 Å². The van der Waals surface area contributed by atoms with Gasteiger partial charge in [-0.2, -0.15) is 8.75 Å². The largest absolute Gasteiger partial charge is 0.313 e. The highest BCUT2D eigenvalue weighted by Crippen LogP contribution is 2.20. The van der Waals surface area contributed by atoms with Crippen molar-refractivity contribution in [3.63, 3.8) is 0 Å². The van der Waals surface area contributed by atoms with Gasteiger partial charge in [0.15, 0.2) is 0 Å². The molecule has 0 saturated carbocycles. The Morgan fingerprint density at radius 3 is 2.79 bits per heavy atom. The minimum Gasteiger partial charge on any atom is -0.313 e. The van der Waals surface area contributed by atoms with Gasteiger partial charge in [-0.25, -0.2) is 13.1 Å². The number of sulfonamides is 1. The zero-order valence-electron chi connectivity index (χ0n) is 10.8. The maximum atomic E-state index is 12.2. The van der Waals surface area contributed by atoms with Gasteiger partial charge in [0.1, 0.15) is 15.9 Å². The molecule has 1 aromatic heterocycles. The first kappa shape index (κ1) is 14.3. The molecule has 19 heavy (non-hydrogen) atoms. The molecule has 0 radical (unpaired) electrons. The summed E-state index contributed by atoms with van der Waals surface area (Å²) in [6.45, 7) is 4.95. The summed E-state index contributed by atoms with van der Waals surface area (Å²) >= 11 is 1.01. The lowest BCUT2D eigenvalue weighted by Crippen LogP contribution is -2.34. The van der Waals surface area contributed by atoms with Crippen molar-refractivity contribution in [2.75, 3.05) is 13.1 Å². The number of hydrogen-bond acceptors (Lipinski definition) is 6. The van der Waals surface area contributed by atoms with Gasteiger partial charge in [-0.1, -0.05) is 19.9 Å². The zero-order chi connectivity index (χ0) is 13.9. The van der Waals surface area contributed by atoms with Crippen molar-refractivity contribution >= 4 is 32.8 Å². The molecule has 2 aromatic rings. The van der Waals surface area contributed by atoms with E-state index in [4.69, 9.17) is 0 Å². The van der Waals surface area contributed by atoms with E-state index in [1.807, 2.05) is 13.8 Å². The van der Waals surface area contributed by atoms with E-state index in [2.05, 4.69) is 18.8 Å². The highest BCUT2D eigenvalue weighted by atomic mass is 32.2. The first-order valence-corrected chi connectivity index (χ1v) is 8.16. The van der Waals surface area contributed by atoms with Gasteiger partial charge in [0.05, 0.1) is 11.7 Å². The van der Waals surface area contributed by atoms with Gasteiger partial charge >= 0.3 is 0 Å². The Bertz CT molecular complexity index is 652. The quantitative estimate of drug-likeness (QED) is 0.777. The van der Waals surface area contributed by atoms with Crippen LogP contribution in [0.25, 0.3) is 11.0 Å². The molecule has 0 aliphatic heterocycles. The van der Waals surface area contributed by atoms with E-state index in [1.165, 1.54) is 0 Å². The van der Waals surface area contributed by atoms with E-state index < -0.39 is 10.0 Å². The van der Waals surface area contributed by atoms with Gasteiger partial charge in [0.2, 0.25) is 10.0 Å². The SMILES string of the molecule is CC(C)NCCNS(=O)(=O)c1cccc2nsnc12. The van der Waals surface area contributed by atoms with Crippen molar-refractivity contribution in [1.29, 1.82) is 0 Å². The Morgan fingerprint density at radius 2 is 2.05 bits per heavy atom. The summed E-state index contributed by atoms with van der Waals surface area (Å²) in [6.07, 6.45) is 0. The van der Waals surface area contributed by atoms with Gasteiger partial charge in [-0.05, 0) is 12.1 Å². The average Bonchev–Trinajstić information content (AvgIpc) is 2.82. The Morgan fingerprint density at radius 1 is 1.26 bits per heavy atom. The van der Waals surface area contributed by atoms with Gasteiger partial charge in [0, 0.05) is 19.1 Å². The number of nitrogens with zero attached hydrogens (tertiary/aromatic N) is 2. The molecular weight excluding hydrogens is 284 g/mol. The lowest BCUT2D eigenvalue weighted by molar-refractivity contribution is 0.560. The third-order valence-electron chi connectivity index (χ3n) is 2.51. The third kappa shape index (κ3) is 3.47. The molecule has 0 bridgehead atoms. The van der Waals surface area contributed by atoms with E-state index in [0.29, 0.717) is 30.2 Å². The zero-order valence-corrected chi connectivity index (χ0v) is 12.4. The molecule has 0 aliphatic carbocycles. The highest BCUT2D eigenvalue weighted by molar-refractivity contribution is 7.89. The second-order valence-corrected chi connectivity index (χ2v) is 6.66. The van der Waals surface area contributed by atoms with Crippen LogP contribution in [0, 0.1) is 0 Å². The predicted octanol–water partition coefficient (Wildman–Crippen LogP) is 0.968. The molecule has 2 N–H and O–H groups in total. The van der Waals surface area contributed by atoms with E-state index in [1.54, 1.807) is 18.2 Å². The summed E-state index contributed by atoms with van der Waals surface area (Å²) in [5.41, 5.74) is 1.03. The molecule has 104 valence electrons. The Labute approximate surface area is 116 Å².